The number of nitrogens with one attached hydrogen (secondary N) is 2. The molecule has 0 spiro atoms. The molecule has 1 heterocycles. The summed E-state index contributed by atoms with van der Waals surface area (Å²) >= 11 is 0. The average Bonchev–Trinajstić information content (AvgIpc) is 2.37. The number of fused-ring (bicyclic) bond motifs is 1. The monoisotopic (exact) mass is 248 g/mol. The zero-order valence-corrected chi connectivity index (χ0v) is 11.6. The quantitative estimate of drug-likeness (QED) is 0.840. The minimum absolute atomic E-state index is 0.311. The Bertz CT molecular complexity index is 390. The molecule has 1 aliphatic heterocycles. The van der Waals surface area contributed by atoms with Crippen molar-refractivity contribution in [3.8, 4) is 5.75 Å². The topological polar surface area (TPSA) is 33.3 Å². The second-order valence-corrected chi connectivity index (χ2v) is 5.22. The van der Waals surface area contributed by atoms with Crippen LogP contribution in [0.1, 0.15) is 32.8 Å². The van der Waals surface area contributed by atoms with Crippen LogP contribution in [0.25, 0.3) is 0 Å². The van der Waals surface area contributed by atoms with Gasteiger partial charge in [0.15, 0.2) is 0 Å². The predicted molar refractivity (Wildman–Crippen MR) is 76.5 cm³/mol. The third kappa shape index (κ3) is 3.39. The fraction of sp³-hybridized carbons (Fsp3) is 0.600. The van der Waals surface area contributed by atoms with E-state index < -0.39 is 0 Å². The van der Waals surface area contributed by atoms with Crippen LogP contribution in [0.15, 0.2) is 18.2 Å². The van der Waals surface area contributed by atoms with Crippen LogP contribution in [-0.4, -0.2) is 25.2 Å². The molecule has 0 aromatic heterocycles. The van der Waals surface area contributed by atoms with Crippen LogP contribution in [0.2, 0.25) is 0 Å². The highest BCUT2D eigenvalue weighted by Crippen LogP contribution is 2.30. The Balaban J connectivity index is 1.96. The van der Waals surface area contributed by atoms with Crippen LogP contribution in [0.3, 0.4) is 0 Å². The van der Waals surface area contributed by atoms with Crippen molar-refractivity contribution in [2.75, 3.05) is 18.4 Å². The Morgan fingerprint density at radius 3 is 3.00 bits per heavy atom. The summed E-state index contributed by atoms with van der Waals surface area (Å²) in [6.07, 6.45) is 2.42. The molecule has 0 bridgehead atoms. The highest BCUT2D eigenvalue weighted by molar-refractivity contribution is 5.59. The Morgan fingerprint density at radius 2 is 2.28 bits per heavy atom. The molecular formula is C15H24N2O. The predicted octanol–water partition coefficient (Wildman–Crippen LogP) is 2.81. The van der Waals surface area contributed by atoms with Crippen molar-refractivity contribution in [3.63, 3.8) is 0 Å². The molecule has 2 N–H and O–H groups in total. The number of hydrogen-bond donors (Lipinski definition) is 2. The Hall–Kier alpha value is -1.22. The molecule has 1 aromatic carbocycles. The molecule has 0 radical (unpaired) electrons. The average molecular weight is 248 g/mol. The molecule has 0 fully saturated rings. The molecule has 2 rings (SSSR count). The molecule has 0 amide bonds. The standard InChI is InChI=1S/C15H24N2O/c1-4-13-10-17-14-9-12(5-6-15(14)18-13)7-8-16-11(2)3/h5-6,9,11,13,16-17H,4,7-8,10H2,1-3H3. The summed E-state index contributed by atoms with van der Waals surface area (Å²) in [5, 5.41) is 6.90. The Labute approximate surface area is 110 Å². The van der Waals surface area contributed by atoms with Gasteiger partial charge in [-0.1, -0.05) is 26.8 Å². The molecule has 0 aliphatic carbocycles. The van der Waals surface area contributed by atoms with Crippen molar-refractivity contribution in [2.45, 2.75) is 45.8 Å². The Morgan fingerprint density at radius 1 is 1.44 bits per heavy atom. The SMILES string of the molecule is CCC1CNc2cc(CCNC(C)C)ccc2O1. The first-order valence-electron chi connectivity index (χ1n) is 6.96. The van der Waals surface area contributed by atoms with Gasteiger partial charge in [0, 0.05) is 6.04 Å². The molecule has 3 heteroatoms. The van der Waals surface area contributed by atoms with Crippen molar-refractivity contribution in [1.29, 1.82) is 0 Å². The summed E-state index contributed by atoms with van der Waals surface area (Å²) in [4.78, 5) is 0. The third-order valence-electron chi connectivity index (χ3n) is 3.28. The molecule has 1 unspecified atom stereocenters. The van der Waals surface area contributed by atoms with Crippen LogP contribution in [-0.2, 0) is 6.42 Å². The summed E-state index contributed by atoms with van der Waals surface area (Å²) in [6.45, 7) is 8.44. The second kappa shape index (κ2) is 6.10. The van der Waals surface area contributed by atoms with E-state index in [0.29, 0.717) is 12.1 Å². The normalized spacial score (nSPS) is 18.1. The maximum absolute atomic E-state index is 5.90. The van der Waals surface area contributed by atoms with Crippen LogP contribution < -0.4 is 15.4 Å². The molecule has 18 heavy (non-hydrogen) atoms. The fourth-order valence-electron chi connectivity index (χ4n) is 2.15. The van der Waals surface area contributed by atoms with Gasteiger partial charge in [-0.25, -0.2) is 0 Å². The van der Waals surface area contributed by atoms with E-state index in [4.69, 9.17) is 4.74 Å². The number of anilines is 1. The molecule has 1 atom stereocenters. The molecule has 0 saturated heterocycles. The van der Waals surface area contributed by atoms with E-state index in [0.717, 1.165) is 37.4 Å². The molecule has 100 valence electrons. The largest absolute Gasteiger partial charge is 0.486 e. The van der Waals surface area contributed by atoms with Gasteiger partial charge in [-0.15, -0.1) is 0 Å². The van der Waals surface area contributed by atoms with Crippen LogP contribution >= 0.6 is 0 Å². The number of hydrogen-bond acceptors (Lipinski definition) is 3. The summed E-state index contributed by atoms with van der Waals surface area (Å²) < 4.78 is 5.90. The Kier molecular flexibility index (Phi) is 4.48. The van der Waals surface area contributed by atoms with Crippen LogP contribution in [0.4, 0.5) is 5.69 Å². The van der Waals surface area contributed by atoms with Gasteiger partial charge in [0.1, 0.15) is 11.9 Å². The molecule has 0 saturated carbocycles. The van der Waals surface area contributed by atoms with Gasteiger partial charge in [-0.05, 0) is 37.1 Å². The maximum atomic E-state index is 5.90. The highest BCUT2D eigenvalue weighted by atomic mass is 16.5. The van der Waals surface area contributed by atoms with E-state index in [1.54, 1.807) is 0 Å². The van der Waals surface area contributed by atoms with Crippen molar-refractivity contribution < 1.29 is 4.74 Å². The van der Waals surface area contributed by atoms with Gasteiger partial charge in [0.05, 0.1) is 12.2 Å². The number of benzene rings is 1. The van der Waals surface area contributed by atoms with E-state index in [1.807, 2.05) is 0 Å². The third-order valence-corrected chi connectivity index (χ3v) is 3.28. The molecule has 3 nitrogen and oxygen atoms in total. The van der Waals surface area contributed by atoms with Gasteiger partial charge in [-0.2, -0.15) is 0 Å². The fourth-order valence-corrected chi connectivity index (χ4v) is 2.15. The zero-order chi connectivity index (χ0) is 13.0. The molecule has 1 aliphatic rings. The van der Waals surface area contributed by atoms with E-state index >= 15 is 0 Å². The van der Waals surface area contributed by atoms with Crippen molar-refractivity contribution in [3.05, 3.63) is 23.8 Å². The maximum Gasteiger partial charge on any atom is 0.142 e. The van der Waals surface area contributed by atoms with Gasteiger partial charge in [0.25, 0.3) is 0 Å². The van der Waals surface area contributed by atoms with Gasteiger partial charge < -0.3 is 15.4 Å². The zero-order valence-electron chi connectivity index (χ0n) is 11.6. The molecule has 1 aromatic rings. The lowest BCUT2D eigenvalue weighted by Gasteiger charge is -2.27. The smallest absolute Gasteiger partial charge is 0.142 e. The summed E-state index contributed by atoms with van der Waals surface area (Å²) in [5.74, 6) is 0.994. The lowest BCUT2D eigenvalue weighted by Crippen LogP contribution is -2.30. The van der Waals surface area contributed by atoms with Crippen molar-refractivity contribution in [1.82, 2.24) is 5.32 Å². The lowest BCUT2D eigenvalue weighted by molar-refractivity contribution is 0.202. The first-order valence-corrected chi connectivity index (χ1v) is 6.96. The van der Waals surface area contributed by atoms with Crippen LogP contribution in [0.5, 0.6) is 5.75 Å². The second-order valence-electron chi connectivity index (χ2n) is 5.22. The summed E-state index contributed by atoms with van der Waals surface area (Å²) in [7, 11) is 0. The minimum Gasteiger partial charge on any atom is -0.486 e. The van der Waals surface area contributed by atoms with Gasteiger partial charge in [-0.3, -0.25) is 0 Å². The van der Waals surface area contributed by atoms with E-state index in [2.05, 4.69) is 49.6 Å². The van der Waals surface area contributed by atoms with Gasteiger partial charge >= 0.3 is 0 Å². The lowest BCUT2D eigenvalue weighted by atomic mass is 10.1. The van der Waals surface area contributed by atoms with Gasteiger partial charge in [0.2, 0.25) is 0 Å². The molecular weight excluding hydrogens is 224 g/mol. The van der Waals surface area contributed by atoms with Crippen molar-refractivity contribution >= 4 is 5.69 Å². The number of ether oxygens (including phenoxy) is 1. The highest BCUT2D eigenvalue weighted by Gasteiger charge is 2.17. The first kappa shape index (κ1) is 13.2. The van der Waals surface area contributed by atoms with E-state index in [1.165, 1.54) is 5.56 Å². The first-order chi connectivity index (χ1) is 8.69. The number of rotatable bonds is 5. The summed E-state index contributed by atoms with van der Waals surface area (Å²) in [6, 6.07) is 7.02. The van der Waals surface area contributed by atoms with Crippen molar-refractivity contribution in [2.24, 2.45) is 0 Å². The summed E-state index contributed by atoms with van der Waals surface area (Å²) in [5.41, 5.74) is 2.50. The minimum atomic E-state index is 0.311. The van der Waals surface area contributed by atoms with Crippen LogP contribution in [0, 0.1) is 0 Å². The van der Waals surface area contributed by atoms with E-state index in [-0.39, 0.29) is 0 Å². The van der Waals surface area contributed by atoms with E-state index in [9.17, 15) is 0 Å².